The first-order valence-corrected chi connectivity index (χ1v) is 23.4. The van der Waals surface area contributed by atoms with Crippen molar-refractivity contribution < 1.29 is 0 Å². The van der Waals surface area contributed by atoms with E-state index in [0.29, 0.717) is 17.5 Å². The molecule has 0 fully saturated rings. The van der Waals surface area contributed by atoms with Crippen molar-refractivity contribution in [2.75, 3.05) is 0 Å². The van der Waals surface area contributed by atoms with E-state index in [9.17, 15) is 0 Å². The van der Waals surface area contributed by atoms with Gasteiger partial charge in [-0.3, -0.25) is 0 Å². The summed E-state index contributed by atoms with van der Waals surface area (Å²) in [6.45, 7) is 0. The van der Waals surface area contributed by atoms with Gasteiger partial charge in [0.25, 0.3) is 0 Å². The number of rotatable bonds is 7. The Morgan fingerprint density at radius 3 is 1.26 bits per heavy atom. The third-order valence-electron chi connectivity index (χ3n) is 13.7. The smallest absolute Gasteiger partial charge is 0.164 e. The molecular formula is C63H40N6. The fraction of sp³-hybridized carbons (Fsp3) is 0. The van der Waals surface area contributed by atoms with Gasteiger partial charge in [0.1, 0.15) is 0 Å². The van der Waals surface area contributed by atoms with Crippen molar-refractivity contribution in [2.24, 2.45) is 0 Å². The second-order valence-corrected chi connectivity index (χ2v) is 17.6. The molecule has 0 atom stereocenters. The van der Waals surface area contributed by atoms with Crippen LogP contribution in [0.25, 0.3) is 128 Å². The molecule has 322 valence electrons. The third-order valence-corrected chi connectivity index (χ3v) is 13.7. The molecule has 0 aliphatic heterocycles. The molecule has 6 heteroatoms. The molecule has 0 aliphatic carbocycles. The van der Waals surface area contributed by atoms with E-state index in [1.54, 1.807) is 0 Å². The van der Waals surface area contributed by atoms with Crippen LogP contribution in [0.3, 0.4) is 0 Å². The van der Waals surface area contributed by atoms with Gasteiger partial charge >= 0.3 is 0 Å². The highest BCUT2D eigenvalue weighted by Gasteiger charge is 2.22. The summed E-state index contributed by atoms with van der Waals surface area (Å²) in [5, 5.41) is 7.33. The molecule has 10 aromatic carbocycles. The minimum absolute atomic E-state index is 0.604. The van der Waals surface area contributed by atoms with Gasteiger partial charge in [-0.2, -0.15) is 0 Å². The topological polar surface area (TPSA) is 53.5 Å². The SMILES string of the molecule is c1ccc(-c2ccc(-c3nc(-c4ccc(-n5c6ccccc6c6c5ccc5c7ccccc7n(-c7ccccc7)c56)cc4)nc(-c4cccc(-n5c6ccccc6c6ccccc65)c4)n3)cc2)cc1. The first kappa shape index (κ1) is 38.8. The van der Waals surface area contributed by atoms with Crippen LogP contribution in [0.5, 0.6) is 0 Å². The lowest BCUT2D eigenvalue weighted by Gasteiger charge is -2.12. The number of hydrogen-bond acceptors (Lipinski definition) is 3. The van der Waals surface area contributed by atoms with Crippen LogP contribution in [0.1, 0.15) is 0 Å². The van der Waals surface area contributed by atoms with E-state index in [0.717, 1.165) is 66.9 Å². The van der Waals surface area contributed by atoms with Crippen LogP contribution >= 0.6 is 0 Å². The maximum atomic E-state index is 5.26. The van der Waals surface area contributed by atoms with Crippen LogP contribution in [-0.2, 0) is 0 Å². The Labute approximate surface area is 397 Å². The van der Waals surface area contributed by atoms with Gasteiger partial charge in [0, 0.05) is 66.1 Å². The predicted octanol–water partition coefficient (Wildman–Crippen LogP) is 15.8. The van der Waals surface area contributed by atoms with Gasteiger partial charge in [-0.15, -0.1) is 0 Å². The highest BCUT2D eigenvalue weighted by atomic mass is 15.0. The van der Waals surface area contributed by atoms with E-state index in [2.05, 4.69) is 250 Å². The van der Waals surface area contributed by atoms with E-state index in [1.165, 1.54) is 43.4 Å². The van der Waals surface area contributed by atoms with Gasteiger partial charge in [0.05, 0.1) is 33.1 Å². The Hall–Kier alpha value is -9.39. The van der Waals surface area contributed by atoms with Gasteiger partial charge in [-0.1, -0.05) is 164 Å². The highest BCUT2D eigenvalue weighted by Crippen LogP contribution is 2.42. The normalized spacial score (nSPS) is 11.8. The fourth-order valence-electron chi connectivity index (χ4n) is 10.6. The van der Waals surface area contributed by atoms with Crippen LogP contribution in [-0.4, -0.2) is 28.7 Å². The van der Waals surface area contributed by atoms with Crippen molar-refractivity contribution in [1.82, 2.24) is 28.7 Å². The summed E-state index contributed by atoms with van der Waals surface area (Å²) < 4.78 is 7.15. The average Bonchev–Trinajstić information content (AvgIpc) is 4.07. The molecule has 4 aromatic heterocycles. The molecule has 0 unspecified atom stereocenters. The molecule has 6 nitrogen and oxygen atoms in total. The van der Waals surface area contributed by atoms with Crippen LogP contribution in [0.15, 0.2) is 243 Å². The van der Waals surface area contributed by atoms with Crippen LogP contribution in [0.4, 0.5) is 0 Å². The minimum Gasteiger partial charge on any atom is -0.309 e. The van der Waals surface area contributed by atoms with Crippen molar-refractivity contribution in [2.45, 2.75) is 0 Å². The summed E-state index contributed by atoms with van der Waals surface area (Å²) >= 11 is 0. The third kappa shape index (κ3) is 6.23. The molecular weight excluding hydrogens is 841 g/mol. The van der Waals surface area contributed by atoms with Crippen molar-refractivity contribution in [3.8, 4) is 62.4 Å². The lowest BCUT2D eigenvalue weighted by Crippen LogP contribution is -2.01. The summed E-state index contributed by atoms with van der Waals surface area (Å²) in [5.41, 5.74) is 15.2. The lowest BCUT2D eigenvalue weighted by molar-refractivity contribution is 1.07. The maximum absolute atomic E-state index is 5.26. The van der Waals surface area contributed by atoms with Crippen molar-refractivity contribution >= 4 is 65.4 Å². The van der Waals surface area contributed by atoms with E-state index < -0.39 is 0 Å². The number of fused-ring (bicyclic) bond motifs is 10. The minimum atomic E-state index is 0.604. The molecule has 4 heterocycles. The monoisotopic (exact) mass is 880 g/mol. The second-order valence-electron chi connectivity index (χ2n) is 17.6. The average molecular weight is 881 g/mol. The molecule has 0 spiro atoms. The Kier molecular flexibility index (Phi) is 8.79. The predicted molar refractivity (Wildman–Crippen MR) is 285 cm³/mol. The van der Waals surface area contributed by atoms with Crippen LogP contribution in [0, 0.1) is 0 Å². The largest absolute Gasteiger partial charge is 0.309 e. The van der Waals surface area contributed by atoms with Gasteiger partial charge in [-0.25, -0.2) is 15.0 Å². The molecule has 0 saturated carbocycles. The van der Waals surface area contributed by atoms with E-state index in [1.807, 2.05) is 6.07 Å². The van der Waals surface area contributed by atoms with Gasteiger partial charge in [0.15, 0.2) is 17.5 Å². The van der Waals surface area contributed by atoms with Crippen molar-refractivity contribution in [1.29, 1.82) is 0 Å². The number of benzene rings is 10. The Bertz CT molecular complexity index is 4220. The number of nitrogens with zero attached hydrogens (tertiary/aromatic N) is 6. The Balaban J connectivity index is 0.923. The first-order chi connectivity index (χ1) is 34.2. The quantitative estimate of drug-likeness (QED) is 0.160. The summed E-state index contributed by atoms with van der Waals surface area (Å²) in [6.07, 6.45) is 0. The summed E-state index contributed by atoms with van der Waals surface area (Å²) in [5.74, 6) is 1.82. The Morgan fingerprint density at radius 1 is 0.232 bits per heavy atom. The van der Waals surface area contributed by atoms with E-state index >= 15 is 0 Å². The number of para-hydroxylation sites is 5. The second kappa shape index (κ2) is 15.6. The summed E-state index contributed by atoms with van der Waals surface area (Å²) in [6, 6.07) is 86.1. The molecule has 0 N–H and O–H groups in total. The van der Waals surface area contributed by atoms with Crippen LogP contribution < -0.4 is 0 Å². The van der Waals surface area contributed by atoms with Crippen LogP contribution in [0.2, 0.25) is 0 Å². The molecule has 14 aromatic rings. The van der Waals surface area contributed by atoms with E-state index in [-0.39, 0.29) is 0 Å². The van der Waals surface area contributed by atoms with Crippen molar-refractivity contribution in [3.05, 3.63) is 243 Å². The number of aromatic nitrogens is 6. The fourth-order valence-corrected chi connectivity index (χ4v) is 10.6. The molecule has 0 amide bonds. The van der Waals surface area contributed by atoms with Crippen molar-refractivity contribution in [3.63, 3.8) is 0 Å². The first-order valence-electron chi connectivity index (χ1n) is 23.4. The molecule has 0 aliphatic rings. The molecule has 0 saturated heterocycles. The molecule has 14 rings (SSSR count). The number of hydrogen-bond donors (Lipinski definition) is 0. The summed E-state index contributed by atoms with van der Waals surface area (Å²) in [4.78, 5) is 15.7. The van der Waals surface area contributed by atoms with Gasteiger partial charge in [-0.05, 0) is 90.0 Å². The zero-order valence-corrected chi connectivity index (χ0v) is 37.3. The van der Waals surface area contributed by atoms with Gasteiger partial charge < -0.3 is 13.7 Å². The molecule has 69 heavy (non-hydrogen) atoms. The van der Waals surface area contributed by atoms with E-state index in [4.69, 9.17) is 15.0 Å². The molecule has 0 radical (unpaired) electrons. The summed E-state index contributed by atoms with van der Waals surface area (Å²) in [7, 11) is 0. The lowest BCUT2D eigenvalue weighted by atomic mass is 10.0. The zero-order chi connectivity index (χ0) is 45.4. The standard InChI is InChI=1S/C63H40N6/c1-3-16-41(17-4-1)42-30-32-43(33-31-42)61-64-62(66-63(65-61)45-18-15-21-48(40-45)68-54-26-11-7-22-49(54)50-23-8-12-27-55(50)68)44-34-36-47(37-35-44)67-57-29-14-10-25-53(57)59-58(67)39-38-52-51-24-9-13-28-56(51)69(60(52)59)46-19-5-2-6-20-46/h1-40H. The molecule has 0 bridgehead atoms. The maximum Gasteiger partial charge on any atom is 0.164 e. The zero-order valence-electron chi connectivity index (χ0n) is 37.3. The van der Waals surface area contributed by atoms with Gasteiger partial charge in [0.2, 0.25) is 0 Å². The Morgan fingerprint density at radius 2 is 0.638 bits per heavy atom. The highest BCUT2D eigenvalue weighted by molar-refractivity contribution is 6.26.